The maximum Gasteiger partial charge on any atom is 0.244 e. The van der Waals surface area contributed by atoms with Gasteiger partial charge < -0.3 is 10.2 Å². The van der Waals surface area contributed by atoms with Crippen LogP contribution in [0, 0.1) is 0 Å². The zero-order valence-electron chi connectivity index (χ0n) is 20.4. The molecule has 0 saturated carbocycles. The van der Waals surface area contributed by atoms with Crippen LogP contribution in [0.2, 0.25) is 20.1 Å². The van der Waals surface area contributed by atoms with Crippen molar-refractivity contribution in [2.24, 2.45) is 0 Å². The molecule has 7 nitrogen and oxygen atoms in total. The third-order valence-electron chi connectivity index (χ3n) is 5.62. The van der Waals surface area contributed by atoms with Crippen LogP contribution in [-0.2, 0) is 26.2 Å². The van der Waals surface area contributed by atoms with Crippen LogP contribution < -0.4 is 9.62 Å². The molecular weight excluding hydrogens is 568 g/mol. The second kappa shape index (κ2) is 13.2. The highest BCUT2D eigenvalue weighted by Crippen LogP contribution is 2.35. The van der Waals surface area contributed by atoms with E-state index in [0.717, 1.165) is 10.6 Å². The number of carbonyl (C=O) groups is 2. The normalized spacial score (nSPS) is 13.1. The Kier molecular flexibility index (Phi) is 11.2. The number of carbonyl (C=O) groups excluding carboxylic acids is 2. The van der Waals surface area contributed by atoms with Crippen molar-refractivity contribution in [3.63, 3.8) is 0 Å². The van der Waals surface area contributed by atoms with Crippen molar-refractivity contribution in [1.82, 2.24) is 10.2 Å². The van der Waals surface area contributed by atoms with Gasteiger partial charge in [-0.05, 0) is 43.5 Å². The predicted molar refractivity (Wildman–Crippen MR) is 148 cm³/mol. The topological polar surface area (TPSA) is 86.8 Å². The Morgan fingerprint density at radius 2 is 1.56 bits per heavy atom. The van der Waals surface area contributed by atoms with E-state index in [1.54, 1.807) is 31.2 Å². The van der Waals surface area contributed by atoms with Crippen LogP contribution in [0.5, 0.6) is 0 Å². The van der Waals surface area contributed by atoms with E-state index in [4.69, 9.17) is 46.4 Å². The largest absolute Gasteiger partial charge is 0.352 e. The molecule has 0 aliphatic carbocycles. The first kappa shape index (κ1) is 30.5. The Balaban J connectivity index is 2.52. The van der Waals surface area contributed by atoms with Crippen molar-refractivity contribution in [3.8, 4) is 0 Å². The molecule has 12 heteroatoms. The fraction of sp³-hybridized carbons (Fsp3) is 0.417. The van der Waals surface area contributed by atoms with E-state index in [0.29, 0.717) is 23.4 Å². The molecule has 198 valence electrons. The van der Waals surface area contributed by atoms with E-state index in [1.807, 2.05) is 13.8 Å². The highest BCUT2D eigenvalue weighted by molar-refractivity contribution is 7.92. The predicted octanol–water partition coefficient (Wildman–Crippen LogP) is 5.79. The Morgan fingerprint density at radius 3 is 2.11 bits per heavy atom. The second-order valence-corrected chi connectivity index (χ2v) is 11.9. The van der Waals surface area contributed by atoms with E-state index in [-0.39, 0.29) is 39.2 Å². The first-order valence-electron chi connectivity index (χ1n) is 11.3. The lowest BCUT2D eigenvalue weighted by molar-refractivity contribution is -0.140. The maximum atomic E-state index is 13.7. The lowest BCUT2D eigenvalue weighted by Gasteiger charge is -2.33. The zero-order chi connectivity index (χ0) is 27.2. The van der Waals surface area contributed by atoms with Gasteiger partial charge in [0.25, 0.3) is 0 Å². The summed E-state index contributed by atoms with van der Waals surface area (Å²) in [6.45, 7) is 4.95. The molecule has 2 aromatic rings. The van der Waals surface area contributed by atoms with Crippen molar-refractivity contribution >= 4 is 73.9 Å². The van der Waals surface area contributed by atoms with Crippen molar-refractivity contribution < 1.29 is 18.0 Å². The van der Waals surface area contributed by atoms with Gasteiger partial charge in [0.2, 0.25) is 21.8 Å². The fourth-order valence-corrected chi connectivity index (χ4v) is 5.21. The van der Waals surface area contributed by atoms with Crippen LogP contribution in [0.15, 0.2) is 36.4 Å². The summed E-state index contributed by atoms with van der Waals surface area (Å²) in [7, 11) is -3.98. The Bertz CT molecular complexity index is 1210. The van der Waals surface area contributed by atoms with Crippen LogP contribution >= 0.6 is 46.4 Å². The molecule has 0 aliphatic rings. The molecule has 1 N–H and O–H groups in total. The first-order valence-corrected chi connectivity index (χ1v) is 14.6. The lowest BCUT2D eigenvalue weighted by atomic mass is 10.1. The number of halogens is 4. The number of hydrogen-bond donors (Lipinski definition) is 1. The Morgan fingerprint density at radius 1 is 0.944 bits per heavy atom. The minimum Gasteiger partial charge on any atom is -0.352 e. The van der Waals surface area contributed by atoms with Crippen LogP contribution in [-0.4, -0.2) is 50.0 Å². The number of benzene rings is 2. The van der Waals surface area contributed by atoms with Crippen LogP contribution in [0.4, 0.5) is 5.69 Å². The summed E-state index contributed by atoms with van der Waals surface area (Å²) >= 11 is 24.7. The maximum absolute atomic E-state index is 13.7. The third kappa shape index (κ3) is 7.89. The summed E-state index contributed by atoms with van der Waals surface area (Å²) in [4.78, 5) is 28.2. The summed E-state index contributed by atoms with van der Waals surface area (Å²) in [5.41, 5.74) is 0.609. The number of amides is 2. The van der Waals surface area contributed by atoms with Gasteiger partial charge >= 0.3 is 0 Å². The number of nitrogens with zero attached hydrogens (tertiary/aromatic N) is 2. The average Bonchev–Trinajstić information content (AvgIpc) is 2.80. The Labute approximate surface area is 232 Å². The van der Waals surface area contributed by atoms with Gasteiger partial charge in [-0.15, -0.1) is 0 Å². The summed E-state index contributed by atoms with van der Waals surface area (Å²) in [6, 6.07) is 8.56. The van der Waals surface area contributed by atoms with Crippen LogP contribution in [0.1, 0.15) is 39.2 Å². The monoisotopic (exact) mass is 595 g/mol. The molecule has 0 fully saturated rings. The molecule has 0 heterocycles. The van der Waals surface area contributed by atoms with Gasteiger partial charge in [-0.25, -0.2) is 8.42 Å². The highest BCUT2D eigenvalue weighted by atomic mass is 35.5. The molecule has 2 rings (SSSR count). The zero-order valence-corrected chi connectivity index (χ0v) is 24.2. The molecule has 2 atom stereocenters. The van der Waals surface area contributed by atoms with Gasteiger partial charge in [-0.1, -0.05) is 78.5 Å². The van der Waals surface area contributed by atoms with Gasteiger partial charge in [-0.3, -0.25) is 13.9 Å². The number of sulfonamides is 1. The van der Waals surface area contributed by atoms with E-state index in [2.05, 4.69) is 5.32 Å². The third-order valence-corrected chi connectivity index (χ3v) is 8.14. The number of hydrogen-bond acceptors (Lipinski definition) is 4. The standard InChI is InChI=1S/C24H29Cl4N3O4S/c1-5-15(3)29-24(33)21(6-2)30(13-16-9-7-8-10-17(16)25)23(32)14-31(36(4,34)35)22-12-19(27)18(26)11-20(22)28/h7-12,15,21H,5-6,13-14H2,1-4H3,(H,29,33)/t15-,21+/m1/s1. The molecule has 2 amide bonds. The van der Waals surface area contributed by atoms with E-state index in [1.165, 1.54) is 17.0 Å². The first-order chi connectivity index (χ1) is 16.8. The summed E-state index contributed by atoms with van der Waals surface area (Å²) in [5, 5.41) is 3.53. The van der Waals surface area contributed by atoms with E-state index >= 15 is 0 Å². The number of anilines is 1. The summed E-state index contributed by atoms with van der Waals surface area (Å²) in [5.74, 6) is -0.959. The van der Waals surface area contributed by atoms with Crippen molar-refractivity contribution in [1.29, 1.82) is 0 Å². The fourth-order valence-electron chi connectivity index (χ4n) is 3.47. The molecule has 0 spiro atoms. The molecule has 0 radical (unpaired) electrons. The smallest absolute Gasteiger partial charge is 0.244 e. The van der Waals surface area contributed by atoms with E-state index < -0.39 is 28.5 Å². The summed E-state index contributed by atoms with van der Waals surface area (Å²) in [6.07, 6.45) is 1.95. The molecule has 36 heavy (non-hydrogen) atoms. The van der Waals surface area contributed by atoms with E-state index in [9.17, 15) is 18.0 Å². The molecule has 0 aliphatic heterocycles. The minimum atomic E-state index is -3.98. The van der Waals surface area contributed by atoms with Crippen molar-refractivity contribution in [2.45, 2.75) is 52.2 Å². The molecule has 0 saturated heterocycles. The average molecular weight is 597 g/mol. The molecule has 0 bridgehead atoms. The molecule has 0 unspecified atom stereocenters. The SMILES string of the molecule is CC[C@@H](C)NC(=O)[C@H](CC)N(Cc1ccccc1Cl)C(=O)CN(c1cc(Cl)c(Cl)cc1Cl)S(C)(=O)=O. The lowest BCUT2D eigenvalue weighted by Crippen LogP contribution is -2.53. The van der Waals surface area contributed by atoms with Crippen molar-refractivity contribution in [2.75, 3.05) is 17.1 Å². The quantitative estimate of drug-likeness (QED) is 0.333. The molecule has 0 aromatic heterocycles. The van der Waals surface area contributed by atoms with Crippen molar-refractivity contribution in [3.05, 3.63) is 62.1 Å². The van der Waals surface area contributed by atoms with Gasteiger partial charge in [0.15, 0.2) is 0 Å². The van der Waals surface area contributed by atoms with Crippen LogP contribution in [0.25, 0.3) is 0 Å². The van der Waals surface area contributed by atoms with Crippen LogP contribution in [0.3, 0.4) is 0 Å². The second-order valence-electron chi connectivity index (χ2n) is 8.34. The van der Waals surface area contributed by atoms with Gasteiger partial charge in [0.05, 0.1) is 27.0 Å². The highest BCUT2D eigenvalue weighted by Gasteiger charge is 2.33. The van der Waals surface area contributed by atoms with Gasteiger partial charge in [0.1, 0.15) is 12.6 Å². The minimum absolute atomic E-state index is 0.00170. The number of nitrogens with one attached hydrogen (secondary N) is 1. The van der Waals surface area contributed by atoms with Gasteiger partial charge in [-0.2, -0.15) is 0 Å². The Hall–Kier alpha value is -1.71. The summed E-state index contributed by atoms with van der Waals surface area (Å²) < 4.78 is 26.3. The number of rotatable bonds is 11. The molecular formula is C24H29Cl4N3O4S. The molecule has 2 aromatic carbocycles. The van der Waals surface area contributed by atoms with Gasteiger partial charge in [0, 0.05) is 17.6 Å².